The van der Waals surface area contributed by atoms with E-state index < -0.39 is 0 Å². The summed E-state index contributed by atoms with van der Waals surface area (Å²) >= 11 is 1.83. The lowest BCUT2D eigenvalue weighted by Gasteiger charge is -2.22. The van der Waals surface area contributed by atoms with Crippen molar-refractivity contribution >= 4 is 22.4 Å². The number of nitrogens with zero attached hydrogens (tertiary/aromatic N) is 2. The number of aromatic nitrogens is 2. The van der Waals surface area contributed by atoms with Gasteiger partial charge in [0, 0.05) is 11.3 Å². The van der Waals surface area contributed by atoms with Gasteiger partial charge in [-0.25, -0.2) is 4.98 Å². The number of fused-ring (bicyclic) bond motifs is 1. The van der Waals surface area contributed by atoms with Gasteiger partial charge < -0.3 is 9.88 Å². The molecule has 0 saturated carbocycles. The normalized spacial score (nSPS) is 16.4. The minimum absolute atomic E-state index is 0.764. The third kappa shape index (κ3) is 2.81. The van der Waals surface area contributed by atoms with Gasteiger partial charge in [-0.1, -0.05) is 18.2 Å². The van der Waals surface area contributed by atoms with Crippen molar-refractivity contribution in [2.45, 2.75) is 25.8 Å². The van der Waals surface area contributed by atoms with Gasteiger partial charge in [0.15, 0.2) is 0 Å². The molecule has 1 aliphatic heterocycles. The summed E-state index contributed by atoms with van der Waals surface area (Å²) in [6.45, 7) is 3.24. The Morgan fingerprint density at radius 2 is 2.00 bits per heavy atom. The fourth-order valence-corrected chi connectivity index (χ4v) is 4.05. The molecule has 3 nitrogen and oxygen atoms in total. The van der Waals surface area contributed by atoms with Crippen molar-refractivity contribution in [1.82, 2.24) is 14.9 Å². The molecule has 22 heavy (non-hydrogen) atoms. The maximum absolute atomic E-state index is 4.93. The molecule has 3 heterocycles. The second kappa shape index (κ2) is 6.23. The first-order chi connectivity index (χ1) is 10.9. The summed E-state index contributed by atoms with van der Waals surface area (Å²) in [6.07, 6.45) is 3.63. The third-order valence-electron chi connectivity index (χ3n) is 4.56. The van der Waals surface area contributed by atoms with E-state index in [0.717, 1.165) is 37.5 Å². The molecule has 0 bridgehead atoms. The highest BCUT2D eigenvalue weighted by atomic mass is 32.1. The lowest BCUT2D eigenvalue weighted by molar-refractivity contribution is 0.364. The van der Waals surface area contributed by atoms with Gasteiger partial charge in [0.1, 0.15) is 5.82 Å². The van der Waals surface area contributed by atoms with Crippen molar-refractivity contribution < 1.29 is 0 Å². The molecule has 0 spiro atoms. The van der Waals surface area contributed by atoms with Gasteiger partial charge in [-0.15, -0.1) is 11.3 Å². The molecular formula is C18H21N3S. The standard InChI is InChI=1S/C18H21N3S/c1-2-6-17-16(5-1)20-18(12-14-7-9-19-10-8-14)21(17)13-15-4-3-11-22-15/h1-6,11,14,19H,7-10,12-13H2. The highest BCUT2D eigenvalue weighted by Gasteiger charge is 2.18. The van der Waals surface area contributed by atoms with Gasteiger partial charge in [-0.05, 0) is 55.4 Å². The fourth-order valence-electron chi connectivity index (χ4n) is 3.36. The Morgan fingerprint density at radius 1 is 1.14 bits per heavy atom. The first kappa shape index (κ1) is 14.0. The third-order valence-corrected chi connectivity index (χ3v) is 5.42. The molecule has 4 rings (SSSR count). The van der Waals surface area contributed by atoms with E-state index in [0.29, 0.717) is 0 Å². The summed E-state index contributed by atoms with van der Waals surface area (Å²) in [7, 11) is 0. The van der Waals surface area contributed by atoms with Crippen LogP contribution in [0.4, 0.5) is 0 Å². The van der Waals surface area contributed by atoms with Crippen LogP contribution in [-0.4, -0.2) is 22.6 Å². The van der Waals surface area contributed by atoms with Crippen LogP contribution in [-0.2, 0) is 13.0 Å². The molecule has 1 N–H and O–H groups in total. The summed E-state index contributed by atoms with van der Waals surface area (Å²) in [6, 6.07) is 12.9. The first-order valence-corrected chi connectivity index (χ1v) is 8.95. The van der Waals surface area contributed by atoms with Crippen molar-refractivity contribution in [2.24, 2.45) is 5.92 Å². The van der Waals surface area contributed by atoms with Gasteiger partial charge in [-0.2, -0.15) is 0 Å². The molecule has 114 valence electrons. The molecule has 0 aliphatic carbocycles. The average molecular weight is 311 g/mol. The van der Waals surface area contributed by atoms with Crippen molar-refractivity contribution in [3.63, 3.8) is 0 Å². The zero-order chi connectivity index (χ0) is 14.8. The number of nitrogens with one attached hydrogen (secondary N) is 1. The van der Waals surface area contributed by atoms with Crippen LogP contribution in [0.25, 0.3) is 11.0 Å². The molecule has 0 atom stereocenters. The second-order valence-corrected chi connectivity index (χ2v) is 7.11. The number of para-hydroxylation sites is 2. The topological polar surface area (TPSA) is 29.9 Å². The van der Waals surface area contributed by atoms with Crippen LogP contribution in [0.1, 0.15) is 23.5 Å². The van der Waals surface area contributed by atoms with Crippen molar-refractivity contribution in [1.29, 1.82) is 0 Å². The second-order valence-electron chi connectivity index (χ2n) is 6.08. The van der Waals surface area contributed by atoms with Gasteiger partial charge in [0.05, 0.1) is 17.6 Å². The fraction of sp³-hybridized carbons (Fsp3) is 0.389. The van der Waals surface area contributed by atoms with E-state index in [1.165, 1.54) is 29.1 Å². The summed E-state index contributed by atoms with van der Waals surface area (Å²) < 4.78 is 2.42. The molecule has 3 aromatic rings. The monoisotopic (exact) mass is 311 g/mol. The number of hydrogen-bond acceptors (Lipinski definition) is 3. The zero-order valence-electron chi connectivity index (χ0n) is 12.7. The number of rotatable bonds is 4. The van der Waals surface area contributed by atoms with Gasteiger partial charge in [0.25, 0.3) is 0 Å². The predicted octanol–water partition coefficient (Wildman–Crippen LogP) is 3.69. The van der Waals surface area contributed by atoms with Crippen LogP contribution in [0.2, 0.25) is 0 Å². The Labute approximate surface area is 135 Å². The Hall–Kier alpha value is -1.65. The van der Waals surface area contributed by atoms with Crippen LogP contribution < -0.4 is 5.32 Å². The van der Waals surface area contributed by atoms with E-state index in [2.05, 4.69) is 51.7 Å². The molecular weight excluding hydrogens is 290 g/mol. The SMILES string of the molecule is c1csc(Cn2c(CC3CCNCC3)nc3ccccc32)c1. The number of thiophene rings is 1. The minimum Gasteiger partial charge on any atom is -0.323 e. The summed E-state index contributed by atoms with van der Waals surface area (Å²) in [5.41, 5.74) is 2.39. The van der Waals surface area contributed by atoms with Crippen LogP contribution in [0.15, 0.2) is 41.8 Å². The van der Waals surface area contributed by atoms with Crippen LogP contribution in [0, 0.1) is 5.92 Å². The maximum Gasteiger partial charge on any atom is 0.110 e. The van der Waals surface area contributed by atoms with Gasteiger partial charge in [-0.3, -0.25) is 0 Å². The average Bonchev–Trinajstić information content (AvgIpc) is 3.18. The molecule has 4 heteroatoms. The summed E-state index contributed by atoms with van der Waals surface area (Å²) in [4.78, 5) is 6.33. The van der Waals surface area contributed by atoms with Crippen LogP contribution >= 0.6 is 11.3 Å². The van der Waals surface area contributed by atoms with E-state index in [1.807, 2.05) is 11.3 Å². The molecule has 1 aliphatic rings. The number of benzene rings is 1. The highest BCUT2D eigenvalue weighted by molar-refractivity contribution is 7.09. The van der Waals surface area contributed by atoms with Crippen LogP contribution in [0.5, 0.6) is 0 Å². The Kier molecular flexibility index (Phi) is 3.95. The lowest BCUT2D eigenvalue weighted by Crippen LogP contribution is -2.29. The lowest BCUT2D eigenvalue weighted by atomic mass is 9.94. The minimum atomic E-state index is 0.764. The molecule has 0 amide bonds. The number of piperidine rings is 1. The highest BCUT2D eigenvalue weighted by Crippen LogP contribution is 2.24. The Morgan fingerprint density at radius 3 is 2.82 bits per heavy atom. The Balaban J connectivity index is 1.69. The molecule has 1 fully saturated rings. The smallest absolute Gasteiger partial charge is 0.110 e. The van der Waals surface area contributed by atoms with Gasteiger partial charge in [0.2, 0.25) is 0 Å². The van der Waals surface area contributed by atoms with Gasteiger partial charge >= 0.3 is 0 Å². The van der Waals surface area contributed by atoms with E-state index >= 15 is 0 Å². The quantitative estimate of drug-likeness (QED) is 0.796. The van der Waals surface area contributed by atoms with Crippen molar-refractivity contribution in [3.05, 3.63) is 52.5 Å². The van der Waals surface area contributed by atoms with Crippen molar-refractivity contribution in [3.8, 4) is 0 Å². The number of hydrogen-bond donors (Lipinski definition) is 1. The maximum atomic E-state index is 4.93. The van der Waals surface area contributed by atoms with Crippen molar-refractivity contribution in [2.75, 3.05) is 13.1 Å². The number of imidazole rings is 1. The largest absolute Gasteiger partial charge is 0.323 e. The molecule has 1 aromatic carbocycles. The van der Waals surface area contributed by atoms with E-state index in [-0.39, 0.29) is 0 Å². The van der Waals surface area contributed by atoms with E-state index in [1.54, 1.807) is 0 Å². The molecule has 0 unspecified atom stereocenters. The zero-order valence-corrected chi connectivity index (χ0v) is 13.5. The Bertz CT molecular complexity index is 739. The molecule has 0 radical (unpaired) electrons. The summed E-state index contributed by atoms with van der Waals surface area (Å²) in [5.74, 6) is 2.02. The van der Waals surface area contributed by atoms with E-state index in [4.69, 9.17) is 4.98 Å². The van der Waals surface area contributed by atoms with Crippen LogP contribution in [0.3, 0.4) is 0 Å². The predicted molar refractivity (Wildman–Crippen MR) is 92.5 cm³/mol. The molecule has 2 aromatic heterocycles. The first-order valence-electron chi connectivity index (χ1n) is 8.07. The molecule has 1 saturated heterocycles. The van der Waals surface area contributed by atoms with E-state index in [9.17, 15) is 0 Å². The summed E-state index contributed by atoms with van der Waals surface area (Å²) in [5, 5.41) is 5.61.